The molecule has 0 radical (unpaired) electrons. The molecule has 4 aliphatic rings. The summed E-state index contributed by atoms with van der Waals surface area (Å²) in [7, 11) is 1.50. The number of phenols is 1. The van der Waals surface area contributed by atoms with E-state index in [1.165, 1.54) is 23.8 Å². The maximum absolute atomic E-state index is 13.7. The highest BCUT2D eigenvalue weighted by atomic mass is 16.5. The minimum Gasteiger partial charge on any atom is -0.508 e. The zero-order valence-electron chi connectivity index (χ0n) is 26.8. The van der Waals surface area contributed by atoms with Crippen molar-refractivity contribution in [2.45, 2.75) is 85.0 Å². The van der Waals surface area contributed by atoms with Crippen LogP contribution in [0.1, 0.15) is 94.6 Å². The second kappa shape index (κ2) is 10.8. The van der Waals surface area contributed by atoms with Crippen LogP contribution in [-0.2, 0) is 21.4 Å². The fraction of sp³-hybridized carbons (Fsp3) is 0.538. The maximum Gasteiger partial charge on any atom is 0.334 e. The molecule has 1 N–H and O–H groups in total. The van der Waals surface area contributed by atoms with Crippen LogP contribution in [0.25, 0.3) is 0 Å². The van der Waals surface area contributed by atoms with Crippen molar-refractivity contribution in [2.75, 3.05) is 7.11 Å². The van der Waals surface area contributed by atoms with Crippen LogP contribution >= 0.6 is 0 Å². The number of esters is 1. The number of allylic oxidation sites excluding steroid dienone is 3. The number of hydrogen-bond donors (Lipinski definition) is 1. The Labute approximate surface area is 257 Å². The van der Waals surface area contributed by atoms with Crippen LogP contribution < -0.4 is 0 Å². The van der Waals surface area contributed by atoms with Crippen LogP contribution in [0.5, 0.6) is 5.75 Å². The third kappa shape index (κ3) is 5.09. The number of ether oxygens (including phenoxy) is 1. The van der Waals surface area contributed by atoms with Crippen molar-refractivity contribution in [3.05, 3.63) is 88.5 Å². The number of benzene rings is 2. The molecule has 0 aromatic heterocycles. The maximum atomic E-state index is 13.7. The smallest absolute Gasteiger partial charge is 0.334 e. The average Bonchev–Trinajstić information content (AvgIpc) is 3.33. The zero-order valence-corrected chi connectivity index (χ0v) is 26.8. The van der Waals surface area contributed by atoms with E-state index in [0.717, 1.165) is 56.1 Å². The molecule has 4 aliphatic carbocycles. The van der Waals surface area contributed by atoms with Gasteiger partial charge in [-0.2, -0.15) is 0 Å². The molecule has 6 rings (SSSR count). The van der Waals surface area contributed by atoms with Crippen molar-refractivity contribution in [3.63, 3.8) is 0 Å². The first kappa shape index (κ1) is 29.9. The molecule has 0 saturated heterocycles. The number of carbonyl (C=O) groups is 2. The number of phenolic OH excluding ortho intramolecular Hbond substituents is 1. The van der Waals surface area contributed by atoms with Crippen LogP contribution in [0.3, 0.4) is 0 Å². The molecule has 43 heavy (non-hydrogen) atoms. The highest BCUT2D eigenvalue weighted by Crippen LogP contribution is 2.66. The average molecular weight is 581 g/mol. The van der Waals surface area contributed by atoms with Crippen LogP contribution in [0.15, 0.2) is 71.8 Å². The summed E-state index contributed by atoms with van der Waals surface area (Å²) in [6.07, 6.45) is 11.6. The lowest BCUT2D eigenvalue weighted by Crippen LogP contribution is -2.51. The van der Waals surface area contributed by atoms with E-state index < -0.39 is 0 Å². The number of Topliss-reactive ketones (excluding diaryl/α,β-unsaturated/α-hetero) is 1. The molecular weight excluding hydrogens is 532 g/mol. The predicted octanol–water partition coefficient (Wildman–Crippen LogP) is 8.63. The van der Waals surface area contributed by atoms with Crippen LogP contribution in [0, 0.1) is 40.4 Å². The Kier molecular flexibility index (Phi) is 7.50. The van der Waals surface area contributed by atoms with Crippen molar-refractivity contribution >= 4 is 11.8 Å². The van der Waals surface area contributed by atoms with Gasteiger partial charge < -0.3 is 9.84 Å². The van der Waals surface area contributed by atoms with E-state index in [-0.39, 0.29) is 45.6 Å². The number of carbonyl (C=O) groups excluding carboxylic acids is 2. The van der Waals surface area contributed by atoms with Gasteiger partial charge in [-0.3, -0.25) is 4.79 Å². The number of aromatic hydroxyl groups is 1. The molecule has 0 heterocycles. The second-order valence-corrected chi connectivity index (χ2v) is 15.4. The Bertz CT molecular complexity index is 1460. The third-order valence-corrected chi connectivity index (χ3v) is 12.1. The summed E-state index contributed by atoms with van der Waals surface area (Å²) in [5.74, 6) is 1.96. The summed E-state index contributed by atoms with van der Waals surface area (Å²) in [6.45, 7) is 11.5. The molecular formula is C39H48O4. The van der Waals surface area contributed by atoms with Gasteiger partial charge in [0, 0.05) is 17.1 Å². The Morgan fingerprint density at radius 3 is 2.30 bits per heavy atom. The molecule has 4 heteroatoms. The van der Waals surface area contributed by atoms with Gasteiger partial charge in [0.05, 0.1) is 7.11 Å². The van der Waals surface area contributed by atoms with Gasteiger partial charge in [0.15, 0.2) is 5.78 Å². The summed E-state index contributed by atoms with van der Waals surface area (Å²) in [5.41, 5.74) is 5.52. The van der Waals surface area contributed by atoms with Gasteiger partial charge in [-0.05, 0) is 132 Å². The molecule has 2 fully saturated rings. The normalized spacial score (nSPS) is 33.4. The third-order valence-electron chi connectivity index (χ3n) is 12.1. The molecule has 2 saturated carbocycles. The van der Waals surface area contributed by atoms with Crippen molar-refractivity contribution in [3.8, 4) is 5.75 Å². The van der Waals surface area contributed by atoms with Crippen molar-refractivity contribution in [2.24, 2.45) is 40.4 Å². The molecule has 0 spiro atoms. The van der Waals surface area contributed by atoms with Crippen molar-refractivity contribution in [1.29, 1.82) is 0 Å². The van der Waals surface area contributed by atoms with Gasteiger partial charge in [-0.25, -0.2) is 4.79 Å². The monoisotopic (exact) mass is 580 g/mol. The van der Waals surface area contributed by atoms with E-state index in [0.29, 0.717) is 17.8 Å². The van der Waals surface area contributed by atoms with Gasteiger partial charge in [0.25, 0.3) is 0 Å². The topological polar surface area (TPSA) is 63.6 Å². The standard InChI is InChI=1S/C39H48O4/c1-37(2,3)27-11-7-24(8-12-27)21-26-23-39(5)28(22-31(26)36(42)43-6)13-16-30-32-17-18-34(38(32,4)20-19-33(30)39)35(41)25-9-14-29(40)15-10-25/h7-15,22,26,30,32-34,40H,16-21,23H2,1-6H3/t26-,30+,32+,33+,34-,38+,39+/m1/s1. The van der Waals surface area contributed by atoms with E-state index in [9.17, 15) is 14.7 Å². The van der Waals surface area contributed by atoms with E-state index >= 15 is 0 Å². The lowest BCUT2D eigenvalue weighted by atomic mass is 9.46. The zero-order chi connectivity index (χ0) is 30.7. The molecule has 2 aromatic rings. The molecule has 4 nitrogen and oxygen atoms in total. The lowest BCUT2D eigenvalue weighted by molar-refractivity contribution is -0.137. The molecule has 0 unspecified atom stereocenters. The van der Waals surface area contributed by atoms with Gasteiger partial charge in [-0.1, -0.05) is 65.0 Å². The Balaban J connectivity index is 1.28. The largest absolute Gasteiger partial charge is 0.508 e. The van der Waals surface area contributed by atoms with E-state index in [4.69, 9.17) is 4.74 Å². The van der Waals surface area contributed by atoms with E-state index in [1.807, 2.05) is 0 Å². The van der Waals surface area contributed by atoms with Gasteiger partial charge in [0.2, 0.25) is 0 Å². The van der Waals surface area contributed by atoms with Crippen molar-refractivity contribution < 1.29 is 19.4 Å². The number of ketones is 1. The summed E-state index contributed by atoms with van der Waals surface area (Å²) >= 11 is 0. The highest BCUT2D eigenvalue weighted by Gasteiger charge is 2.60. The Hall–Kier alpha value is -3.14. The van der Waals surface area contributed by atoms with Gasteiger partial charge >= 0.3 is 5.97 Å². The van der Waals surface area contributed by atoms with E-state index in [2.05, 4.69) is 71.0 Å². The first-order chi connectivity index (χ1) is 20.3. The molecule has 0 amide bonds. The fourth-order valence-corrected chi connectivity index (χ4v) is 9.73. The molecule has 2 aromatic carbocycles. The Morgan fingerprint density at radius 2 is 1.65 bits per heavy atom. The number of rotatable bonds is 5. The number of fused-ring (bicyclic) bond motifs is 5. The second-order valence-electron chi connectivity index (χ2n) is 15.4. The summed E-state index contributed by atoms with van der Waals surface area (Å²) in [5, 5.41) is 9.75. The predicted molar refractivity (Wildman–Crippen MR) is 171 cm³/mol. The molecule has 0 bridgehead atoms. The Morgan fingerprint density at radius 1 is 0.953 bits per heavy atom. The van der Waals surface area contributed by atoms with Crippen LogP contribution in [-0.4, -0.2) is 24.0 Å². The number of hydrogen-bond acceptors (Lipinski definition) is 4. The minimum absolute atomic E-state index is 0.00314. The lowest BCUT2D eigenvalue weighted by Gasteiger charge is -2.57. The quantitative estimate of drug-likeness (QED) is 0.284. The molecule has 228 valence electrons. The summed E-state index contributed by atoms with van der Waals surface area (Å²) in [6, 6.07) is 15.8. The molecule has 7 atom stereocenters. The minimum atomic E-state index is -0.205. The molecule has 0 aliphatic heterocycles. The van der Waals surface area contributed by atoms with Crippen LogP contribution in [0.4, 0.5) is 0 Å². The highest BCUT2D eigenvalue weighted by molar-refractivity contribution is 5.98. The van der Waals surface area contributed by atoms with Crippen molar-refractivity contribution in [1.82, 2.24) is 0 Å². The SMILES string of the molecule is COC(=O)C1=CC2=CC[C@H]3[C@@H]4CC[C@H](C(=O)c5ccc(O)cc5)[C@@]4(C)CC[C@@H]3[C@@]2(C)C[C@H]1Cc1ccc(C(C)(C)C)cc1. The van der Waals surface area contributed by atoms with Gasteiger partial charge in [-0.15, -0.1) is 0 Å². The van der Waals surface area contributed by atoms with Gasteiger partial charge in [0.1, 0.15) is 5.75 Å². The number of methoxy groups -OCH3 is 1. The first-order valence-corrected chi connectivity index (χ1v) is 16.3. The fourth-order valence-electron chi connectivity index (χ4n) is 9.73. The first-order valence-electron chi connectivity index (χ1n) is 16.3. The van der Waals surface area contributed by atoms with Crippen LogP contribution in [0.2, 0.25) is 0 Å². The van der Waals surface area contributed by atoms with E-state index in [1.54, 1.807) is 24.3 Å². The summed E-state index contributed by atoms with van der Waals surface area (Å²) < 4.78 is 5.31. The summed E-state index contributed by atoms with van der Waals surface area (Å²) in [4.78, 5) is 26.8.